The van der Waals surface area contributed by atoms with Crippen LogP contribution in [-0.4, -0.2) is 47.5 Å². The fourth-order valence-corrected chi connectivity index (χ4v) is 3.42. The molecule has 166 valence electrons. The van der Waals surface area contributed by atoms with E-state index in [0.29, 0.717) is 32.4 Å². The number of hydrogen-bond donors (Lipinski definition) is 2. The molecule has 1 unspecified atom stereocenters. The maximum Gasteiger partial charge on any atom is 0.407 e. The van der Waals surface area contributed by atoms with E-state index < -0.39 is 17.7 Å². The van der Waals surface area contributed by atoms with Gasteiger partial charge in [-0.1, -0.05) is 44.2 Å². The number of nitrogens with one attached hydrogen (secondary N) is 2. The molecule has 30 heavy (non-hydrogen) atoms. The van der Waals surface area contributed by atoms with Crippen molar-refractivity contribution in [3.8, 4) is 0 Å². The Labute approximate surface area is 179 Å². The molecule has 7 nitrogen and oxygen atoms in total. The first-order valence-corrected chi connectivity index (χ1v) is 10.7. The number of ether oxygens (including phenoxy) is 1. The van der Waals surface area contributed by atoms with Crippen LogP contribution in [0.3, 0.4) is 0 Å². The van der Waals surface area contributed by atoms with Crippen LogP contribution in [0.5, 0.6) is 0 Å². The summed E-state index contributed by atoms with van der Waals surface area (Å²) in [6.45, 7) is 10.5. The van der Waals surface area contributed by atoms with Crippen molar-refractivity contribution in [1.82, 2.24) is 15.5 Å². The second-order valence-corrected chi connectivity index (χ2v) is 9.25. The van der Waals surface area contributed by atoms with Gasteiger partial charge in [0.15, 0.2) is 0 Å². The molecule has 1 saturated heterocycles. The lowest BCUT2D eigenvalue weighted by Crippen LogP contribution is -2.50. The van der Waals surface area contributed by atoms with Gasteiger partial charge < -0.3 is 20.3 Å². The van der Waals surface area contributed by atoms with Gasteiger partial charge in [-0.25, -0.2) is 4.79 Å². The van der Waals surface area contributed by atoms with Gasteiger partial charge in [0.2, 0.25) is 11.8 Å². The Kier molecular flexibility index (Phi) is 8.26. The summed E-state index contributed by atoms with van der Waals surface area (Å²) in [6.07, 6.45) is 1.23. The molecule has 0 aliphatic carbocycles. The molecule has 3 amide bonds. The lowest BCUT2D eigenvalue weighted by atomic mass is 10.0. The summed E-state index contributed by atoms with van der Waals surface area (Å²) in [4.78, 5) is 39.4. The molecule has 1 aliphatic heterocycles. The fourth-order valence-electron chi connectivity index (χ4n) is 3.42. The zero-order chi connectivity index (χ0) is 22.3. The van der Waals surface area contributed by atoms with E-state index in [2.05, 4.69) is 10.6 Å². The maximum atomic E-state index is 13.2. The summed E-state index contributed by atoms with van der Waals surface area (Å²) >= 11 is 0. The number of hydrogen-bond acceptors (Lipinski definition) is 4. The number of amides is 3. The Bertz CT molecular complexity index is 720. The zero-order valence-corrected chi connectivity index (χ0v) is 18.7. The average Bonchev–Trinajstić information content (AvgIpc) is 2.65. The van der Waals surface area contributed by atoms with E-state index in [1.165, 1.54) is 0 Å². The van der Waals surface area contributed by atoms with Crippen LogP contribution in [-0.2, 0) is 14.3 Å². The van der Waals surface area contributed by atoms with Gasteiger partial charge >= 0.3 is 6.09 Å². The highest BCUT2D eigenvalue weighted by Crippen LogP contribution is 2.20. The molecule has 1 aromatic carbocycles. The summed E-state index contributed by atoms with van der Waals surface area (Å²) in [5, 5.41) is 5.79. The third kappa shape index (κ3) is 7.69. The van der Waals surface area contributed by atoms with Gasteiger partial charge in [0, 0.05) is 25.6 Å². The monoisotopic (exact) mass is 417 g/mol. The summed E-state index contributed by atoms with van der Waals surface area (Å²) in [5.41, 5.74) is 0.228. The highest BCUT2D eigenvalue weighted by Gasteiger charge is 2.31. The molecule has 0 bridgehead atoms. The van der Waals surface area contributed by atoms with Crippen LogP contribution >= 0.6 is 0 Å². The van der Waals surface area contributed by atoms with Gasteiger partial charge in [0.25, 0.3) is 0 Å². The van der Waals surface area contributed by atoms with Crippen LogP contribution in [0.2, 0.25) is 0 Å². The van der Waals surface area contributed by atoms with E-state index in [1.807, 2.05) is 65.0 Å². The first kappa shape index (κ1) is 23.7. The summed E-state index contributed by atoms with van der Waals surface area (Å²) in [7, 11) is 0. The van der Waals surface area contributed by atoms with Gasteiger partial charge in [0.1, 0.15) is 11.6 Å². The van der Waals surface area contributed by atoms with Gasteiger partial charge in [-0.15, -0.1) is 0 Å². The standard InChI is InChI=1S/C23H35N3O4/c1-16(2)15-19(27)25-20(17-9-7-6-8-10-17)21(28)26-13-11-18(12-14-26)24-22(29)30-23(3,4)5/h6-10,16,18,20H,11-15H2,1-5H3,(H,24,29)(H,25,27). The van der Waals surface area contributed by atoms with Crippen molar-refractivity contribution >= 4 is 17.9 Å². The predicted molar refractivity (Wildman–Crippen MR) is 116 cm³/mol. The largest absolute Gasteiger partial charge is 0.444 e. The third-order valence-electron chi connectivity index (χ3n) is 4.81. The van der Waals surface area contributed by atoms with Gasteiger partial charge in [-0.2, -0.15) is 0 Å². The maximum absolute atomic E-state index is 13.2. The highest BCUT2D eigenvalue weighted by molar-refractivity contribution is 5.88. The Hall–Kier alpha value is -2.57. The van der Waals surface area contributed by atoms with Crippen molar-refractivity contribution in [2.75, 3.05) is 13.1 Å². The zero-order valence-electron chi connectivity index (χ0n) is 18.7. The summed E-state index contributed by atoms with van der Waals surface area (Å²) in [5.74, 6) is -0.0334. The number of nitrogens with zero attached hydrogens (tertiary/aromatic N) is 1. The fraction of sp³-hybridized carbons (Fsp3) is 0.609. The molecule has 0 spiro atoms. The van der Waals surface area contributed by atoms with Crippen molar-refractivity contribution in [3.63, 3.8) is 0 Å². The normalized spacial score (nSPS) is 16.1. The van der Waals surface area contributed by atoms with E-state index in [4.69, 9.17) is 4.74 Å². The first-order chi connectivity index (χ1) is 14.0. The quantitative estimate of drug-likeness (QED) is 0.743. The smallest absolute Gasteiger partial charge is 0.407 e. The second kappa shape index (κ2) is 10.5. The number of piperidine rings is 1. The molecular formula is C23H35N3O4. The Balaban J connectivity index is 1.98. The van der Waals surface area contributed by atoms with Gasteiger partial charge in [-0.3, -0.25) is 9.59 Å². The Morgan fingerprint density at radius 1 is 1.10 bits per heavy atom. The van der Waals surface area contributed by atoms with Crippen LogP contribution in [0, 0.1) is 5.92 Å². The molecule has 1 aliphatic rings. The number of carbonyl (C=O) groups excluding carboxylic acids is 3. The van der Waals surface area contributed by atoms with Crippen LogP contribution < -0.4 is 10.6 Å². The van der Waals surface area contributed by atoms with Gasteiger partial charge in [0.05, 0.1) is 0 Å². The molecule has 2 rings (SSSR count). The molecule has 1 fully saturated rings. The number of alkyl carbamates (subject to hydrolysis) is 1. The topological polar surface area (TPSA) is 87.7 Å². The van der Waals surface area contributed by atoms with Crippen LogP contribution in [0.25, 0.3) is 0 Å². The molecule has 1 heterocycles. The van der Waals surface area contributed by atoms with E-state index in [1.54, 1.807) is 4.90 Å². The van der Waals surface area contributed by atoms with Crippen molar-refractivity contribution in [2.24, 2.45) is 5.92 Å². The lowest BCUT2D eigenvalue weighted by molar-refractivity contribution is -0.137. The van der Waals surface area contributed by atoms with Crippen molar-refractivity contribution in [2.45, 2.75) is 71.6 Å². The van der Waals surface area contributed by atoms with Crippen LogP contribution in [0.4, 0.5) is 4.79 Å². The van der Waals surface area contributed by atoms with E-state index in [0.717, 1.165) is 5.56 Å². The number of benzene rings is 1. The number of rotatable bonds is 6. The second-order valence-electron chi connectivity index (χ2n) is 9.25. The highest BCUT2D eigenvalue weighted by atomic mass is 16.6. The molecule has 1 aromatic rings. The third-order valence-corrected chi connectivity index (χ3v) is 4.81. The minimum absolute atomic E-state index is 0.0328. The Morgan fingerprint density at radius 3 is 2.23 bits per heavy atom. The molecular weight excluding hydrogens is 382 g/mol. The molecule has 2 N–H and O–H groups in total. The van der Waals surface area contributed by atoms with Crippen molar-refractivity contribution in [1.29, 1.82) is 0 Å². The lowest BCUT2D eigenvalue weighted by Gasteiger charge is -2.35. The molecule has 0 saturated carbocycles. The molecule has 0 aromatic heterocycles. The molecule has 1 atom stereocenters. The van der Waals surface area contributed by atoms with E-state index in [-0.39, 0.29) is 23.8 Å². The molecule has 7 heteroatoms. The summed E-state index contributed by atoms with van der Waals surface area (Å²) in [6, 6.07) is 8.59. The van der Waals surface area contributed by atoms with Gasteiger partial charge in [-0.05, 0) is 45.1 Å². The summed E-state index contributed by atoms with van der Waals surface area (Å²) < 4.78 is 5.31. The minimum atomic E-state index is -0.701. The number of carbonyl (C=O) groups is 3. The van der Waals surface area contributed by atoms with Crippen LogP contribution in [0.1, 0.15) is 65.5 Å². The predicted octanol–water partition coefficient (Wildman–Crippen LogP) is 3.41. The number of likely N-dealkylation sites (tertiary alicyclic amines) is 1. The Morgan fingerprint density at radius 2 is 1.70 bits per heavy atom. The van der Waals surface area contributed by atoms with Crippen molar-refractivity contribution in [3.05, 3.63) is 35.9 Å². The average molecular weight is 418 g/mol. The van der Waals surface area contributed by atoms with E-state index in [9.17, 15) is 14.4 Å². The SMILES string of the molecule is CC(C)CC(=O)NC(C(=O)N1CCC(NC(=O)OC(C)(C)C)CC1)c1ccccc1. The first-order valence-electron chi connectivity index (χ1n) is 10.7. The van der Waals surface area contributed by atoms with Crippen molar-refractivity contribution < 1.29 is 19.1 Å². The minimum Gasteiger partial charge on any atom is -0.444 e. The van der Waals surface area contributed by atoms with E-state index >= 15 is 0 Å². The van der Waals surface area contributed by atoms with Crippen LogP contribution in [0.15, 0.2) is 30.3 Å². The molecule has 0 radical (unpaired) electrons.